The van der Waals surface area contributed by atoms with Crippen molar-refractivity contribution in [2.24, 2.45) is 0 Å². The molecule has 1 rings (SSSR count). The van der Waals surface area contributed by atoms with E-state index in [1.807, 2.05) is 19.9 Å². The highest BCUT2D eigenvalue weighted by Crippen LogP contribution is 2.26. The summed E-state index contributed by atoms with van der Waals surface area (Å²) in [5.74, 6) is 0.682. The molecular weight excluding hydrogens is 192 g/mol. The molecule has 0 fully saturated rings. The lowest BCUT2D eigenvalue weighted by Crippen LogP contribution is -2.11. The zero-order valence-electron chi connectivity index (χ0n) is 9.49. The quantitative estimate of drug-likeness (QED) is 0.810. The van der Waals surface area contributed by atoms with Gasteiger partial charge in [-0.1, -0.05) is 6.07 Å². The van der Waals surface area contributed by atoms with Gasteiger partial charge in [-0.3, -0.25) is 0 Å². The predicted octanol–water partition coefficient (Wildman–Crippen LogP) is 2.37. The number of hydrogen-bond acceptors (Lipinski definition) is 3. The second kappa shape index (κ2) is 5.61. The standard InChI is InChI=1S/C12H18O3/c1-4-15-9(2)7-10-5-6-12(14-3)11(13)8-10/h5-6,8-9,13H,4,7H2,1-3H3. The van der Waals surface area contributed by atoms with E-state index in [1.54, 1.807) is 12.1 Å². The van der Waals surface area contributed by atoms with Gasteiger partial charge < -0.3 is 14.6 Å². The summed E-state index contributed by atoms with van der Waals surface area (Å²) in [6, 6.07) is 5.42. The van der Waals surface area contributed by atoms with E-state index in [2.05, 4.69) is 0 Å². The molecule has 0 saturated heterocycles. The number of phenolic OH excluding ortho intramolecular Hbond substituents is 1. The molecule has 0 aromatic heterocycles. The van der Waals surface area contributed by atoms with Crippen LogP contribution in [-0.4, -0.2) is 24.9 Å². The van der Waals surface area contributed by atoms with E-state index < -0.39 is 0 Å². The van der Waals surface area contributed by atoms with Crippen LogP contribution in [0.1, 0.15) is 19.4 Å². The summed E-state index contributed by atoms with van der Waals surface area (Å²) in [5, 5.41) is 9.57. The number of phenols is 1. The first-order valence-corrected chi connectivity index (χ1v) is 5.14. The molecule has 0 amide bonds. The molecule has 0 saturated carbocycles. The third-order valence-electron chi connectivity index (χ3n) is 2.22. The Morgan fingerprint density at radius 2 is 2.13 bits per heavy atom. The summed E-state index contributed by atoms with van der Waals surface area (Å²) in [6.07, 6.45) is 0.966. The van der Waals surface area contributed by atoms with Gasteiger partial charge in [-0.15, -0.1) is 0 Å². The van der Waals surface area contributed by atoms with Crippen LogP contribution in [0.25, 0.3) is 0 Å². The minimum absolute atomic E-state index is 0.169. The molecule has 84 valence electrons. The smallest absolute Gasteiger partial charge is 0.160 e. The van der Waals surface area contributed by atoms with Crippen molar-refractivity contribution in [3.05, 3.63) is 23.8 Å². The van der Waals surface area contributed by atoms with Crippen LogP contribution < -0.4 is 4.74 Å². The lowest BCUT2D eigenvalue weighted by atomic mass is 10.1. The maximum absolute atomic E-state index is 9.57. The van der Waals surface area contributed by atoms with Crippen molar-refractivity contribution in [1.82, 2.24) is 0 Å². The zero-order chi connectivity index (χ0) is 11.3. The van der Waals surface area contributed by atoms with Gasteiger partial charge in [0.25, 0.3) is 0 Å². The minimum Gasteiger partial charge on any atom is -0.504 e. The fraction of sp³-hybridized carbons (Fsp3) is 0.500. The highest BCUT2D eigenvalue weighted by Gasteiger charge is 2.06. The average Bonchev–Trinajstić information content (AvgIpc) is 2.18. The Morgan fingerprint density at radius 3 is 2.67 bits per heavy atom. The Labute approximate surface area is 90.6 Å². The van der Waals surface area contributed by atoms with Crippen LogP contribution in [0, 0.1) is 0 Å². The van der Waals surface area contributed by atoms with Crippen LogP contribution in [0.5, 0.6) is 11.5 Å². The molecule has 0 radical (unpaired) electrons. The van der Waals surface area contributed by atoms with Crippen LogP contribution in [0.2, 0.25) is 0 Å². The molecule has 1 aromatic rings. The van der Waals surface area contributed by atoms with E-state index >= 15 is 0 Å². The summed E-state index contributed by atoms with van der Waals surface area (Å²) < 4.78 is 10.4. The number of ether oxygens (including phenoxy) is 2. The van der Waals surface area contributed by atoms with E-state index in [9.17, 15) is 5.11 Å². The SMILES string of the molecule is CCOC(C)Cc1ccc(OC)c(O)c1. The highest BCUT2D eigenvalue weighted by molar-refractivity contribution is 5.41. The molecule has 1 N–H and O–H groups in total. The molecule has 0 heterocycles. The van der Waals surface area contributed by atoms with Crippen molar-refractivity contribution in [1.29, 1.82) is 0 Å². The van der Waals surface area contributed by atoms with E-state index in [-0.39, 0.29) is 11.9 Å². The minimum atomic E-state index is 0.169. The van der Waals surface area contributed by atoms with Gasteiger partial charge in [0.05, 0.1) is 13.2 Å². The van der Waals surface area contributed by atoms with Crippen LogP contribution in [0.3, 0.4) is 0 Å². The van der Waals surface area contributed by atoms with Gasteiger partial charge in [0.1, 0.15) is 0 Å². The lowest BCUT2D eigenvalue weighted by molar-refractivity contribution is 0.0768. The van der Waals surface area contributed by atoms with Gasteiger partial charge in [-0.25, -0.2) is 0 Å². The summed E-state index contributed by atoms with van der Waals surface area (Å²) in [6.45, 7) is 4.70. The average molecular weight is 210 g/mol. The molecule has 0 aliphatic heterocycles. The van der Waals surface area contributed by atoms with Crippen LogP contribution in [-0.2, 0) is 11.2 Å². The molecule has 0 bridgehead atoms. The summed E-state index contributed by atoms with van der Waals surface area (Å²) in [7, 11) is 1.54. The predicted molar refractivity (Wildman–Crippen MR) is 59.5 cm³/mol. The fourth-order valence-electron chi connectivity index (χ4n) is 1.54. The number of hydrogen-bond donors (Lipinski definition) is 1. The van der Waals surface area contributed by atoms with Crippen LogP contribution >= 0.6 is 0 Å². The van der Waals surface area contributed by atoms with E-state index in [0.29, 0.717) is 12.4 Å². The first-order chi connectivity index (χ1) is 7.17. The molecule has 3 nitrogen and oxygen atoms in total. The number of aromatic hydroxyl groups is 1. The molecule has 15 heavy (non-hydrogen) atoms. The maximum Gasteiger partial charge on any atom is 0.160 e. The van der Waals surface area contributed by atoms with Crippen molar-refractivity contribution >= 4 is 0 Å². The third kappa shape index (κ3) is 3.44. The first-order valence-electron chi connectivity index (χ1n) is 5.14. The Hall–Kier alpha value is -1.22. The molecular formula is C12H18O3. The molecule has 1 atom stereocenters. The topological polar surface area (TPSA) is 38.7 Å². The van der Waals surface area contributed by atoms with Crippen molar-refractivity contribution in [3.63, 3.8) is 0 Å². The summed E-state index contributed by atoms with van der Waals surface area (Å²) in [4.78, 5) is 0. The highest BCUT2D eigenvalue weighted by atomic mass is 16.5. The monoisotopic (exact) mass is 210 g/mol. The van der Waals surface area contributed by atoms with Crippen molar-refractivity contribution in [2.75, 3.05) is 13.7 Å². The van der Waals surface area contributed by atoms with Gasteiger partial charge in [0, 0.05) is 6.61 Å². The number of rotatable bonds is 5. The largest absolute Gasteiger partial charge is 0.504 e. The van der Waals surface area contributed by atoms with Gasteiger partial charge in [-0.05, 0) is 38.0 Å². The maximum atomic E-state index is 9.57. The Morgan fingerprint density at radius 1 is 1.40 bits per heavy atom. The van der Waals surface area contributed by atoms with Gasteiger partial charge in [-0.2, -0.15) is 0 Å². The first kappa shape index (κ1) is 11.9. The molecule has 0 aliphatic rings. The number of methoxy groups -OCH3 is 1. The van der Waals surface area contributed by atoms with Crippen molar-refractivity contribution < 1.29 is 14.6 Å². The Kier molecular flexibility index (Phi) is 4.43. The van der Waals surface area contributed by atoms with E-state index in [0.717, 1.165) is 12.0 Å². The summed E-state index contributed by atoms with van der Waals surface area (Å²) in [5.41, 5.74) is 1.05. The zero-order valence-corrected chi connectivity index (χ0v) is 9.49. The van der Waals surface area contributed by atoms with E-state index in [4.69, 9.17) is 9.47 Å². The third-order valence-corrected chi connectivity index (χ3v) is 2.22. The normalized spacial score (nSPS) is 12.5. The lowest BCUT2D eigenvalue weighted by Gasteiger charge is -2.12. The van der Waals surface area contributed by atoms with Crippen molar-refractivity contribution in [2.45, 2.75) is 26.4 Å². The van der Waals surface area contributed by atoms with Crippen LogP contribution in [0.15, 0.2) is 18.2 Å². The second-order valence-electron chi connectivity index (χ2n) is 3.48. The second-order valence-corrected chi connectivity index (χ2v) is 3.48. The van der Waals surface area contributed by atoms with Gasteiger partial charge in [0.15, 0.2) is 11.5 Å². The molecule has 3 heteroatoms. The van der Waals surface area contributed by atoms with Gasteiger partial charge in [0.2, 0.25) is 0 Å². The molecule has 0 aliphatic carbocycles. The Balaban J connectivity index is 2.66. The van der Waals surface area contributed by atoms with Crippen molar-refractivity contribution in [3.8, 4) is 11.5 Å². The van der Waals surface area contributed by atoms with E-state index in [1.165, 1.54) is 7.11 Å². The van der Waals surface area contributed by atoms with Crippen LogP contribution in [0.4, 0.5) is 0 Å². The van der Waals surface area contributed by atoms with Gasteiger partial charge >= 0.3 is 0 Å². The summed E-state index contributed by atoms with van der Waals surface area (Å²) >= 11 is 0. The molecule has 1 aromatic carbocycles. The molecule has 0 spiro atoms. The fourth-order valence-corrected chi connectivity index (χ4v) is 1.54. The Bertz CT molecular complexity index is 310. The molecule has 1 unspecified atom stereocenters. The number of benzene rings is 1.